The van der Waals surface area contributed by atoms with Gasteiger partial charge >= 0.3 is 0 Å². The van der Waals surface area contributed by atoms with Gasteiger partial charge < -0.3 is 16.3 Å². The quantitative estimate of drug-likeness (QED) is 0.346. The van der Waals surface area contributed by atoms with Crippen LogP contribution >= 0.6 is 11.6 Å². The van der Waals surface area contributed by atoms with E-state index in [1.807, 2.05) is 0 Å². The monoisotopic (exact) mass is 299 g/mol. The molecule has 2 atom stereocenters. The Bertz CT molecular complexity index is 530. The van der Waals surface area contributed by atoms with Gasteiger partial charge in [0.25, 0.3) is 5.91 Å². The molecule has 0 bridgehead atoms. The Balaban J connectivity index is 2.16. The van der Waals surface area contributed by atoms with E-state index in [4.69, 9.17) is 22.5 Å². The second-order valence-electron chi connectivity index (χ2n) is 4.74. The molecule has 1 saturated carbocycles. The van der Waals surface area contributed by atoms with E-state index in [-0.39, 0.29) is 28.4 Å². The second-order valence-corrected chi connectivity index (χ2v) is 5.15. The maximum Gasteiger partial charge on any atom is 0.256 e. The average molecular weight is 300 g/mol. The van der Waals surface area contributed by atoms with Gasteiger partial charge in [0.15, 0.2) is 0 Å². The second kappa shape index (κ2) is 6.09. The number of halogens is 2. The number of carbonyl (C=O) groups excluding carboxylic acids is 1. The number of carbonyl (C=O) groups is 1. The summed E-state index contributed by atoms with van der Waals surface area (Å²) in [5.41, 5.74) is 5.41. The molecule has 1 aliphatic carbocycles. The molecule has 0 aromatic heterocycles. The summed E-state index contributed by atoms with van der Waals surface area (Å²) in [6, 6.07) is 3.78. The lowest BCUT2D eigenvalue weighted by molar-refractivity contribution is 0.0929. The lowest BCUT2D eigenvalue weighted by Gasteiger charge is -2.20. The maximum absolute atomic E-state index is 13.7. The Morgan fingerprint density at radius 1 is 1.50 bits per heavy atom. The molecule has 0 radical (unpaired) electrons. The van der Waals surface area contributed by atoms with Gasteiger partial charge in [0.2, 0.25) is 0 Å². The molecule has 1 aromatic carbocycles. The minimum absolute atomic E-state index is 0.0563. The lowest BCUT2D eigenvalue weighted by Crippen LogP contribution is -2.42. The summed E-state index contributed by atoms with van der Waals surface area (Å²) in [5.74, 6) is -1.42. The van der Waals surface area contributed by atoms with E-state index >= 15 is 0 Å². The van der Waals surface area contributed by atoms with Crippen molar-refractivity contribution in [3.63, 3.8) is 0 Å². The molecule has 0 spiro atoms. The third-order valence-electron chi connectivity index (χ3n) is 3.52. The van der Waals surface area contributed by atoms with Gasteiger partial charge in [-0.25, -0.2) is 4.39 Å². The number of oxime groups is 1. The molecule has 20 heavy (non-hydrogen) atoms. The highest BCUT2D eigenvalue weighted by atomic mass is 35.5. The summed E-state index contributed by atoms with van der Waals surface area (Å²) in [6.45, 7) is 0. The van der Waals surface area contributed by atoms with Crippen molar-refractivity contribution in [1.29, 1.82) is 0 Å². The van der Waals surface area contributed by atoms with Crippen molar-refractivity contribution in [1.82, 2.24) is 5.32 Å². The highest BCUT2D eigenvalue weighted by molar-refractivity contribution is 6.33. The fraction of sp³-hybridized carbons (Fsp3) is 0.385. The Hall–Kier alpha value is -1.82. The zero-order valence-corrected chi connectivity index (χ0v) is 11.4. The Labute approximate surface area is 120 Å². The van der Waals surface area contributed by atoms with E-state index in [1.165, 1.54) is 18.2 Å². The van der Waals surface area contributed by atoms with Crippen molar-refractivity contribution in [3.05, 3.63) is 34.6 Å². The van der Waals surface area contributed by atoms with Gasteiger partial charge in [0, 0.05) is 12.0 Å². The highest BCUT2D eigenvalue weighted by Gasteiger charge is 2.32. The molecular weight excluding hydrogens is 285 g/mol. The molecule has 5 nitrogen and oxygen atoms in total. The van der Waals surface area contributed by atoms with Crippen LogP contribution in [0.1, 0.15) is 29.6 Å². The third kappa shape index (κ3) is 2.85. The number of amides is 1. The first-order valence-electron chi connectivity index (χ1n) is 6.27. The van der Waals surface area contributed by atoms with Crippen LogP contribution in [-0.4, -0.2) is 23.0 Å². The number of rotatable bonds is 3. The molecule has 108 valence electrons. The van der Waals surface area contributed by atoms with Crippen LogP contribution in [0, 0.1) is 11.7 Å². The Morgan fingerprint density at radius 2 is 2.25 bits per heavy atom. The number of nitrogens with two attached hydrogens (primary N) is 1. The van der Waals surface area contributed by atoms with E-state index < -0.39 is 11.7 Å². The Kier molecular flexibility index (Phi) is 4.44. The summed E-state index contributed by atoms with van der Waals surface area (Å²) in [4.78, 5) is 12.1. The molecule has 0 saturated heterocycles. The van der Waals surface area contributed by atoms with E-state index in [1.54, 1.807) is 0 Å². The summed E-state index contributed by atoms with van der Waals surface area (Å²) < 4.78 is 13.7. The summed E-state index contributed by atoms with van der Waals surface area (Å²) in [6.07, 6.45) is 2.25. The number of nitrogens with one attached hydrogen (secondary N) is 1. The summed E-state index contributed by atoms with van der Waals surface area (Å²) in [7, 11) is 0. The molecule has 1 aliphatic rings. The molecule has 0 aliphatic heterocycles. The van der Waals surface area contributed by atoms with E-state index in [0.29, 0.717) is 12.8 Å². The first-order valence-corrected chi connectivity index (χ1v) is 6.64. The predicted molar refractivity (Wildman–Crippen MR) is 73.4 cm³/mol. The van der Waals surface area contributed by atoms with Gasteiger partial charge in [-0.05, 0) is 25.0 Å². The maximum atomic E-state index is 13.7. The van der Waals surface area contributed by atoms with Crippen molar-refractivity contribution in [2.45, 2.75) is 25.3 Å². The zero-order valence-electron chi connectivity index (χ0n) is 10.6. The summed E-state index contributed by atoms with van der Waals surface area (Å²) >= 11 is 5.85. The Morgan fingerprint density at radius 3 is 2.90 bits per heavy atom. The van der Waals surface area contributed by atoms with Crippen molar-refractivity contribution in [3.8, 4) is 0 Å². The van der Waals surface area contributed by atoms with E-state index in [2.05, 4.69) is 10.5 Å². The van der Waals surface area contributed by atoms with Gasteiger partial charge in [0.05, 0.1) is 10.6 Å². The topological polar surface area (TPSA) is 87.7 Å². The predicted octanol–water partition coefficient (Wildman–Crippen LogP) is 2.12. The molecular formula is C13H15ClFN3O2. The number of benzene rings is 1. The molecule has 1 fully saturated rings. The number of hydrogen-bond donors (Lipinski definition) is 3. The standard InChI is InChI=1S/C13H15ClFN3O2/c14-8-4-2-5-9(15)11(8)13(19)17-10-6-1-3-7(10)12(16)18-20/h2,4-5,7,10,20H,1,3,6H2,(H2,16,18)(H,17,19). The molecule has 0 heterocycles. The largest absolute Gasteiger partial charge is 0.409 e. The van der Waals surface area contributed by atoms with Crippen molar-refractivity contribution in [2.75, 3.05) is 0 Å². The van der Waals surface area contributed by atoms with E-state index in [0.717, 1.165) is 6.42 Å². The fourth-order valence-electron chi connectivity index (χ4n) is 2.52. The SMILES string of the molecule is NC(=NO)C1CCCC1NC(=O)c1c(F)cccc1Cl. The van der Waals surface area contributed by atoms with E-state index in [9.17, 15) is 9.18 Å². The van der Waals surface area contributed by atoms with Crippen LogP contribution in [0.15, 0.2) is 23.4 Å². The molecule has 1 aromatic rings. The van der Waals surface area contributed by atoms with Crippen LogP contribution in [0.2, 0.25) is 5.02 Å². The van der Waals surface area contributed by atoms with Crippen LogP contribution in [0.4, 0.5) is 4.39 Å². The minimum atomic E-state index is -0.673. The van der Waals surface area contributed by atoms with Crippen LogP contribution in [0.25, 0.3) is 0 Å². The van der Waals surface area contributed by atoms with Gasteiger partial charge in [-0.2, -0.15) is 0 Å². The lowest BCUT2D eigenvalue weighted by atomic mass is 10.0. The number of amidine groups is 1. The van der Waals surface area contributed by atoms with Gasteiger partial charge in [-0.1, -0.05) is 29.2 Å². The number of nitrogens with zero attached hydrogens (tertiary/aromatic N) is 1. The zero-order chi connectivity index (χ0) is 14.7. The molecule has 2 unspecified atom stereocenters. The van der Waals surface area contributed by atoms with Gasteiger partial charge in [-0.3, -0.25) is 4.79 Å². The molecule has 1 amide bonds. The van der Waals surface area contributed by atoms with Crippen LogP contribution < -0.4 is 11.1 Å². The fourth-order valence-corrected chi connectivity index (χ4v) is 2.77. The molecule has 2 rings (SSSR count). The number of hydrogen-bond acceptors (Lipinski definition) is 3. The van der Waals surface area contributed by atoms with Crippen molar-refractivity contribution < 1.29 is 14.4 Å². The van der Waals surface area contributed by atoms with Crippen LogP contribution in [0.3, 0.4) is 0 Å². The average Bonchev–Trinajstić information content (AvgIpc) is 2.85. The highest BCUT2D eigenvalue weighted by Crippen LogP contribution is 2.27. The molecule has 7 heteroatoms. The first kappa shape index (κ1) is 14.6. The third-order valence-corrected chi connectivity index (χ3v) is 3.83. The normalized spacial score (nSPS) is 22.8. The van der Waals surface area contributed by atoms with Gasteiger partial charge in [0.1, 0.15) is 11.7 Å². The first-order chi connectivity index (χ1) is 9.54. The van der Waals surface area contributed by atoms with Crippen molar-refractivity contribution in [2.24, 2.45) is 16.8 Å². The van der Waals surface area contributed by atoms with Crippen molar-refractivity contribution >= 4 is 23.3 Å². The van der Waals surface area contributed by atoms with Crippen LogP contribution in [-0.2, 0) is 0 Å². The van der Waals surface area contributed by atoms with Gasteiger partial charge in [-0.15, -0.1) is 0 Å². The smallest absolute Gasteiger partial charge is 0.256 e. The molecule has 4 N–H and O–H groups in total. The minimum Gasteiger partial charge on any atom is -0.409 e. The summed E-state index contributed by atoms with van der Waals surface area (Å²) in [5, 5.41) is 14.5. The van der Waals surface area contributed by atoms with Crippen LogP contribution in [0.5, 0.6) is 0 Å².